The lowest BCUT2D eigenvalue weighted by molar-refractivity contribution is 0.960. The van der Waals surface area contributed by atoms with Crippen molar-refractivity contribution in [3.8, 4) is 0 Å². The van der Waals surface area contributed by atoms with Crippen molar-refractivity contribution in [1.82, 2.24) is 0 Å². The highest BCUT2D eigenvalue weighted by Gasteiger charge is 1.69. The van der Waals surface area contributed by atoms with Gasteiger partial charge in [-0.25, -0.2) is 0 Å². The summed E-state index contributed by atoms with van der Waals surface area (Å²) in [6, 6.07) is 0. The van der Waals surface area contributed by atoms with Crippen LogP contribution in [0, 0.1) is 0 Å². The summed E-state index contributed by atoms with van der Waals surface area (Å²) in [5.74, 6) is 0.266. The molecule has 0 spiro atoms. The number of nitrogens with zero attached hydrogens (tertiary/aromatic N) is 2. The van der Waals surface area contributed by atoms with Crippen LogP contribution in [0.4, 0.5) is 0 Å². The molecule has 0 aromatic carbocycles. The molecule has 2 N–H and O–H groups in total. The summed E-state index contributed by atoms with van der Waals surface area (Å²) in [5, 5.41) is 7.02. The second kappa shape index (κ2) is 3.33. The SMILES string of the molecule is C=C(N)N=NCC. The first-order valence-corrected chi connectivity index (χ1v) is 2.09. The molecule has 0 atom stereocenters. The van der Waals surface area contributed by atoms with Gasteiger partial charge < -0.3 is 5.73 Å². The minimum Gasteiger partial charge on any atom is -0.383 e. The number of rotatable bonds is 2. The summed E-state index contributed by atoms with van der Waals surface area (Å²) in [6.45, 7) is 5.85. The fourth-order valence-corrected chi connectivity index (χ4v) is 0.162. The van der Waals surface area contributed by atoms with E-state index in [1.54, 1.807) is 0 Å². The number of hydrogen-bond donors (Lipinski definition) is 1. The molecule has 0 aromatic heterocycles. The number of hydrogen-bond acceptors (Lipinski definition) is 3. The molecule has 7 heavy (non-hydrogen) atoms. The van der Waals surface area contributed by atoms with E-state index in [1.165, 1.54) is 0 Å². The zero-order valence-electron chi connectivity index (χ0n) is 4.39. The Bertz CT molecular complexity index is 84.9. The Labute approximate surface area is 42.9 Å². The van der Waals surface area contributed by atoms with Gasteiger partial charge in [-0.2, -0.15) is 5.11 Å². The van der Waals surface area contributed by atoms with E-state index in [1.807, 2.05) is 6.92 Å². The monoisotopic (exact) mass is 99.1 g/mol. The van der Waals surface area contributed by atoms with Crippen molar-refractivity contribution in [3.63, 3.8) is 0 Å². The Kier molecular flexibility index (Phi) is 2.92. The first-order valence-electron chi connectivity index (χ1n) is 2.09. The average molecular weight is 99.1 g/mol. The standard InChI is InChI=1S/C4H9N3/c1-3-6-7-4(2)5/h2-3,5H2,1H3. The summed E-state index contributed by atoms with van der Waals surface area (Å²) in [6.07, 6.45) is 0. The Morgan fingerprint density at radius 2 is 2.43 bits per heavy atom. The van der Waals surface area contributed by atoms with Crippen LogP contribution < -0.4 is 5.73 Å². The van der Waals surface area contributed by atoms with E-state index in [-0.39, 0.29) is 5.82 Å². The molecule has 0 bridgehead atoms. The molecule has 0 heterocycles. The predicted molar refractivity (Wildman–Crippen MR) is 28.7 cm³/mol. The molecule has 0 radical (unpaired) electrons. The lowest BCUT2D eigenvalue weighted by Crippen LogP contribution is -1.87. The van der Waals surface area contributed by atoms with Crippen molar-refractivity contribution < 1.29 is 0 Å². The fraction of sp³-hybridized carbons (Fsp3) is 0.500. The molecule has 0 amide bonds. The lowest BCUT2D eigenvalue weighted by Gasteiger charge is -1.80. The molecule has 0 unspecified atom stereocenters. The van der Waals surface area contributed by atoms with Crippen molar-refractivity contribution in [2.75, 3.05) is 6.54 Å². The quantitative estimate of drug-likeness (QED) is 0.513. The van der Waals surface area contributed by atoms with Crippen molar-refractivity contribution >= 4 is 0 Å². The molecule has 0 aliphatic heterocycles. The molecule has 0 aliphatic rings. The third-order valence-electron chi connectivity index (χ3n) is 0.341. The Balaban J connectivity index is 3.26. The van der Waals surface area contributed by atoms with E-state index in [4.69, 9.17) is 5.73 Å². The van der Waals surface area contributed by atoms with Crippen LogP contribution in [-0.4, -0.2) is 6.54 Å². The van der Waals surface area contributed by atoms with Crippen molar-refractivity contribution in [2.45, 2.75) is 6.92 Å². The largest absolute Gasteiger partial charge is 0.383 e. The van der Waals surface area contributed by atoms with Gasteiger partial charge >= 0.3 is 0 Å². The molecule has 0 fully saturated rings. The molecular weight excluding hydrogens is 90.1 g/mol. The first-order chi connectivity index (χ1) is 3.27. The van der Waals surface area contributed by atoms with Crippen molar-refractivity contribution in [3.05, 3.63) is 12.4 Å². The van der Waals surface area contributed by atoms with Crippen LogP contribution in [0.3, 0.4) is 0 Å². The molecule has 0 rings (SSSR count). The van der Waals surface area contributed by atoms with Crippen LogP contribution in [-0.2, 0) is 0 Å². The summed E-state index contributed by atoms with van der Waals surface area (Å²) in [5.41, 5.74) is 5.02. The maximum atomic E-state index is 5.02. The number of nitrogens with two attached hydrogens (primary N) is 1. The predicted octanol–water partition coefficient (Wildman–Crippen LogP) is 0.888. The van der Waals surface area contributed by atoms with Crippen molar-refractivity contribution in [1.29, 1.82) is 0 Å². The van der Waals surface area contributed by atoms with E-state index < -0.39 is 0 Å². The van der Waals surface area contributed by atoms with Crippen LogP contribution in [0.5, 0.6) is 0 Å². The summed E-state index contributed by atoms with van der Waals surface area (Å²) < 4.78 is 0. The van der Waals surface area contributed by atoms with Gasteiger partial charge in [0.05, 0.1) is 6.54 Å². The summed E-state index contributed by atoms with van der Waals surface area (Å²) in [4.78, 5) is 0. The van der Waals surface area contributed by atoms with Crippen molar-refractivity contribution in [2.24, 2.45) is 16.0 Å². The maximum absolute atomic E-state index is 5.02. The van der Waals surface area contributed by atoms with Gasteiger partial charge in [0, 0.05) is 0 Å². The summed E-state index contributed by atoms with van der Waals surface area (Å²) in [7, 11) is 0. The first kappa shape index (κ1) is 6.14. The second-order valence-electron chi connectivity index (χ2n) is 1.05. The van der Waals surface area contributed by atoms with E-state index in [0.717, 1.165) is 0 Å². The minimum atomic E-state index is 0.266. The Morgan fingerprint density at radius 3 is 2.57 bits per heavy atom. The normalized spacial score (nSPS) is 9.86. The molecule has 0 aliphatic carbocycles. The summed E-state index contributed by atoms with van der Waals surface area (Å²) >= 11 is 0. The molecule has 40 valence electrons. The van der Waals surface area contributed by atoms with Gasteiger partial charge in [0.15, 0.2) is 0 Å². The fourth-order valence-electron chi connectivity index (χ4n) is 0.162. The minimum absolute atomic E-state index is 0.266. The molecule has 3 nitrogen and oxygen atoms in total. The van der Waals surface area contributed by atoms with Crippen LogP contribution in [0.1, 0.15) is 6.92 Å². The highest BCUT2D eigenvalue weighted by molar-refractivity contribution is 4.79. The van der Waals surface area contributed by atoms with Gasteiger partial charge in [-0.15, -0.1) is 5.11 Å². The zero-order valence-corrected chi connectivity index (χ0v) is 4.39. The molecule has 0 saturated heterocycles. The molecule has 3 heteroatoms. The van der Waals surface area contributed by atoms with Crippen LogP contribution in [0.25, 0.3) is 0 Å². The molecular formula is C4H9N3. The molecule has 0 aromatic rings. The maximum Gasteiger partial charge on any atom is 0.138 e. The third-order valence-corrected chi connectivity index (χ3v) is 0.341. The van der Waals surface area contributed by atoms with E-state index >= 15 is 0 Å². The third kappa shape index (κ3) is 5.14. The van der Waals surface area contributed by atoms with Crippen LogP contribution >= 0.6 is 0 Å². The topological polar surface area (TPSA) is 50.7 Å². The van der Waals surface area contributed by atoms with E-state index in [9.17, 15) is 0 Å². The van der Waals surface area contributed by atoms with Gasteiger partial charge in [0.25, 0.3) is 0 Å². The van der Waals surface area contributed by atoms with Crippen LogP contribution in [0.2, 0.25) is 0 Å². The van der Waals surface area contributed by atoms with Gasteiger partial charge in [0.1, 0.15) is 5.82 Å². The zero-order chi connectivity index (χ0) is 5.70. The van der Waals surface area contributed by atoms with Crippen LogP contribution in [0.15, 0.2) is 22.6 Å². The molecule has 0 saturated carbocycles. The van der Waals surface area contributed by atoms with E-state index in [0.29, 0.717) is 6.54 Å². The Hall–Kier alpha value is -0.860. The highest BCUT2D eigenvalue weighted by atomic mass is 15.1. The van der Waals surface area contributed by atoms with Gasteiger partial charge in [-0.3, -0.25) is 0 Å². The van der Waals surface area contributed by atoms with Gasteiger partial charge in [0.2, 0.25) is 0 Å². The average Bonchev–Trinajstić information content (AvgIpc) is 1.61. The van der Waals surface area contributed by atoms with Gasteiger partial charge in [-0.05, 0) is 6.92 Å². The number of azo groups is 1. The Morgan fingerprint density at radius 1 is 1.86 bits per heavy atom. The highest BCUT2D eigenvalue weighted by Crippen LogP contribution is 1.79. The van der Waals surface area contributed by atoms with Gasteiger partial charge in [-0.1, -0.05) is 6.58 Å². The second-order valence-corrected chi connectivity index (χ2v) is 1.05. The smallest absolute Gasteiger partial charge is 0.138 e. The van der Waals surface area contributed by atoms with E-state index in [2.05, 4.69) is 16.8 Å². The lowest BCUT2D eigenvalue weighted by atomic mass is 10.8.